The zero-order valence-corrected chi connectivity index (χ0v) is 15.9. The molecule has 2 aromatic heterocycles. The van der Waals surface area contributed by atoms with E-state index in [-0.39, 0.29) is 24.3 Å². The van der Waals surface area contributed by atoms with Gasteiger partial charge in [-0.05, 0) is 31.8 Å². The quantitative estimate of drug-likeness (QED) is 0.347. The lowest BCUT2D eigenvalue weighted by atomic mass is 10.1. The summed E-state index contributed by atoms with van der Waals surface area (Å²) in [7, 11) is 1.63. The van der Waals surface area contributed by atoms with E-state index in [1.165, 1.54) is 12.8 Å². The lowest BCUT2D eigenvalue weighted by Gasteiger charge is -2.14. The maximum atomic E-state index is 11.9. The van der Waals surface area contributed by atoms with Crippen molar-refractivity contribution in [2.75, 3.05) is 30.9 Å². The topological polar surface area (TPSA) is 123 Å². The first-order valence-corrected chi connectivity index (χ1v) is 9.35. The van der Waals surface area contributed by atoms with Crippen LogP contribution in [0.3, 0.4) is 0 Å². The summed E-state index contributed by atoms with van der Waals surface area (Å²) in [6.45, 7) is 3.21. The summed E-state index contributed by atoms with van der Waals surface area (Å²) >= 11 is 0. The predicted octanol–water partition coefficient (Wildman–Crippen LogP) is 0.823. The molecule has 0 radical (unpaired) electrons. The molecule has 148 valence electrons. The summed E-state index contributed by atoms with van der Waals surface area (Å²) in [5, 5.41) is 13.2. The number of imide groups is 1. The molecule has 1 atom stereocenters. The fourth-order valence-electron chi connectivity index (χ4n) is 3.17. The number of nitrogens with zero attached hydrogens (tertiary/aromatic N) is 4. The van der Waals surface area contributed by atoms with Crippen molar-refractivity contribution in [2.24, 2.45) is 5.92 Å². The number of hydrogen-bond acceptors (Lipinski definition) is 8. The molecule has 1 aliphatic carbocycles. The monoisotopic (exact) mass is 385 g/mol. The molecule has 2 fully saturated rings. The highest BCUT2D eigenvalue weighted by Crippen LogP contribution is 2.33. The van der Waals surface area contributed by atoms with Crippen molar-refractivity contribution in [3.63, 3.8) is 0 Å². The molecular formula is C18H23N7O3. The van der Waals surface area contributed by atoms with E-state index in [0.717, 1.165) is 0 Å². The SMILES string of the molecule is COCCNc1nc(NC(C)C2CC2)nc2c(C=C3CC(=O)NC3=O)cnn12. The van der Waals surface area contributed by atoms with Crippen molar-refractivity contribution in [1.29, 1.82) is 0 Å². The van der Waals surface area contributed by atoms with Crippen LogP contribution in [0.4, 0.5) is 11.9 Å². The molecule has 1 aliphatic heterocycles. The number of amides is 2. The Kier molecular flexibility index (Phi) is 4.95. The number of nitrogens with one attached hydrogen (secondary N) is 3. The number of aromatic nitrogens is 4. The Balaban J connectivity index is 1.70. The first-order valence-electron chi connectivity index (χ1n) is 9.35. The van der Waals surface area contributed by atoms with Gasteiger partial charge in [0.05, 0.1) is 19.2 Å². The third-order valence-electron chi connectivity index (χ3n) is 4.90. The van der Waals surface area contributed by atoms with Crippen molar-refractivity contribution in [3.8, 4) is 0 Å². The molecule has 3 heterocycles. The second-order valence-corrected chi connectivity index (χ2v) is 7.12. The average molecular weight is 385 g/mol. The molecule has 28 heavy (non-hydrogen) atoms. The van der Waals surface area contributed by atoms with Crippen LogP contribution in [0, 0.1) is 5.92 Å². The summed E-state index contributed by atoms with van der Waals surface area (Å²) in [5.74, 6) is 0.995. The minimum absolute atomic E-state index is 0.0595. The van der Waals surface area contributed by atoms with Crippen molar-refractivity contribution < 1.29 is 14.3 Å². The average Bonchev–Trinajstić information content (AvgIpc) is 3.37. The zero-order chi connectivity index (χ0) is 19.7. The van der Waals surface area contributed by atoms with Crippen LogP contribution in [0.1, 0.15) is 31.7 Å². The number of ether oxygens (including phenoxy) is 1. The fourth-order valence-corrected chi connectivity index (χ4v) is 3.17. The van der Waals surface area contributed by atoms with Crippen LogP contribution < -0.4 is 16.0 Å². The normalized spacial score (nSPS) is 19.3. The summed E-state index contributed by atoms with van der Waals surface area (Å²) in [4.78, 5) is 32.5. The van der Waals surface area contributed by atoms with E-state index in [4.69, 9.17) is 4.74 Å². The van der Waals surface area contributed by atoms with Gasteiger partial charge >= 0.3 is 0 Å². The number of carbonyl (C=O) groups is 2. The van der Waals surface area contributed by atoms with Gasteiger partial charge < -0.3 is 15.4 Å². The van der Waals surface area contributed by atoms with E-state index in [1.54, 1.807) is 23.9 Å². The lowest BCUT2D eigenvalue weighted by Crippen LogP contribution is -2.21. The van der Waals surface area contributed by atoms with Gasteiger partial charge in [0.15, 0.2) is 5.65 Å². The van der Waals surface area contributed by atoms with Crippen molar-refractivity contribution in [2.45, 2.75) is 32.2 Å². The van der Waals surface area contributed by atoms with Crippen molar-refractivity contribution >= 4 is 35.4 Å². The molecule has 0 aromatic carbocycles. The van der Waals surface area contributed by atoms with Crippen LogP contribution in [-0.2, 0) is 14.3 Å². The van der Waals surface area contributed by atoms with Gasteiger partial charge in [-0.3, -0.25) is 14.9 Å². The summed E-state index contributed by atoms with van der Waals surface area (Å²) < 4.78 is 6.68. The van der Waals surface area contributed by atoms with Crippen LogP contribution in [0.15, 0.2) is 11.8 Å². The Morgan fingerprint density at radius 1 is 1.39 bits per heavy atom. The molecule has 1 unspecified atom stereocenters. The Hall–Kier alpha value is -3.01. The number of carbonyl (C=O) groups excluding carboxylic acids is 2. The lowest BCUT2D eigenvalue weighted by molar-refractivity contribution is -0.124. The smallest absolute Gasteiger partial charge is 0.254 e. The molecule has 1 saturated carbocycles. The molecule has 4 rings (SSSR count). The third-order valence-corrected chi connectivity index (χ3v) is 4.90. The van der Waals surface area contributed by atoms with E-state index in [1.807, 2.05) is 0 Å². The van der Waals surface area contributed by atoms with Crippen LogP contribution in [0.25, 0.3) is 11.7 Å². The Morgan fingerprint density at radius 3 is 2.89 bits per heavy atom. The molecule has 10 nitrogen and oxygen atoms in total. The second-order valence-electron chi connectivity index (χ2n) is 7.12. The van der Waals surface area contributed by atoms with Crippen LogP contribution in [0.2, 0.25) is 0 Å². The minimum atomic E-state index is -0.377. The van der Waals surface area contributed by atoms with Gasteiger partial charge in [0.1, 0.15) is 0 Å². The van der Waals surface area contributed by atoms with Crippen LogP contribution in [-0.4, -0.2) is 57.7 Å². The molecule has 0 spiro atoms. The van der Waals surface area contributed by atoms with Gasteiger partial charge in [-0.2, -0.15) is 19.6 Å². The first-order chi connectivity index (χ1) is 13.5. The first kappa shape index (κ1) is 18.4. The van der Waals surface area contributed by atoms with Gasteiger partial charge in [-0.1, -0.05) is 0 Å². The molecule has 2 aliphatic rings. The molecule has 1 saturated heterocycles. The van der Waals surface area contributed by atoms with Gasteiger partial charge in [0.2, 0.25) is 17.8 Å². The van der Waals surface area contributed by atoms with Gasteiger partial charge in [-0.15, -0.1) is 0 Å². The highest BCUT2D eigenvalue weighted by atomic mass is 16.5. The minimum Gasteiger partial charge on any atom is -0.383 e. The van der Waals surface area contributed by atoms with Crippen LogP contribution >= 0.6 is 0 Å². The summed E-state index contributed by atoms with van der Waals surface area (Å²) in [6.07, 6.45) is 5.75. The van der Waals surface area contributed by atoms with Crippen molar-refractivity contribution in [3.05, 3.63) is 17.3 Å². The molecular weight excluding hydrogens is 362 g/mol. The molecule has 2 amide bonds. The highest BCUT2D eigenvalue weighted by molar-refractivity contribution is 6.15. The van der Waals surface area contributed by atoms with Gasteiger partial charge in [-0.25, -0.2) is 0 Å². The molecule has 0 bridgehead atoms. The number of anilines is 2. The maximum Gasteiger partial charge on any atom is 0.254 e. The highest BCUT2D eigenvalue weighted by Gasteiger charge is 2.29. The Morgan fingerprint density at radius 2 is 2.21 bits per heavy atom. The van der Waals surface area contributed by atoms with Gasteiger partial charge in [0, 0.05) is 30.8 Å². The molecule has 2 aromatic rings. The van der Waals surface area contributed by atoms with E-state index in [2.05, 4.69) is 37.9 Å². The maximum absolute atomic E-state index is 11.9. The third kappa shape index (κ3) is 3.81. The van der Waals surface area contributed by atoms with Gasteiger partial charge in [0.25, 0.3) is 5.91 Å². The fraction of sp³-hybridized carbons (Fsp3) is 0.500. The van der Waals surface area contributed by atoms with Crippen LogP contribution in [0.5, 0.6) is 0 Å². The number of hydrogen-bond donors (Lipinski definition) is 3. The Bertz CT molecular complexity index is 948. The number of rotatable bonds is 8. The molecule has 10 heteroatoms. The predicted molar refractivity (Wildman–Crippen MR) is 103 cm³/mol. The molecule has 3 N–H and O–H groups in total. The van der Waals surface area contributed by atoms with Crippen molar-refractivity contribution in [1.82, 2.24) is 24.9 Å². The Labute approximate surface area is 161 Å². The van der Waals surface area contributed by atoms with E-state index < -0.39 is 0 Å². The summed E-state index contributed by atoms with van der Waals surface area (Å²) in [5.41, 5.74) is 1.60. The van der Waals surface area contributed by atoms with E-state index >= 15 is 0 Å². The number of methoxy groups -OCH3 is 1. The zero-order valence-electron chi connectivity index (χ0n) is 15.9. The van der Waals surface area contributed by atoms with E-state index in [9.17, 15) is 9.59 Å². The summed E-state index contributed by atoms with van der Waals surface area (Å²) in [6, 6.07) is 0.275. The standard InChI is InChI=1S/C18H23N7O3/c1-10(11-3-4-11)21-17-23-15-13(7-12-8-14(26)22-16(12)27)9-20-25(15)18(24-17)19-5-6-28-2/h7,9-11H,3-6,8H2,1-2H3,(H,22,26,27)(H2,19,21,23,24). The second kappa shape index (κ2) is 7.55. The number of fused-ring (bicyclic) bond motifs is 1. The largest absolute Gasteiger partial charge is 0.383 e. The van der Waals surface area contributed by atoms with E-state index in [0.29, 0.717) is 47.7 Å².